The normalized spacial score (nSPS) is 17.7. The molecule has 0 N–H and O–H groups in total. The first-order valence-electron chi connectivity index (χ1n) is 11.8. The van der Waals surface area contributed by atoms with E-state index < -0.39 is 10.0 Å². The van der Waals surface area contributed by atoms with Crippen LogP contribution >= 0.6 is 0 Å². The Bertz CT molecular complexity index is 1170. The summed E-state index contributed by atoms with van der Waals surface area (Å²) in [7, 11) is -3.59. The van der Waals surface area contributed by atoms with Gasteiger partial charge in [-0.25, -0.2) is 8.42 Å². The van der Waals surface area contributed by atoms with Crippen LogP contribution in [0, 0.1) is 27.7 Å². The molecular weight excluding hydrogens is 452 g/mol. The molecule has 1 fully saturated rings. The quantitative estimate of drug-likeness (QED) is 0.596. The molecule has 4 rings (SSSR count). The maximum absolute atomic E-state index is 13.5. The molecule has 2 aliphatic rings. The van der Waals surface area contributed by atoms with Gasteiger partial charge >= 0.3 is 0 Å². The molecule has 1 unspecified atom stereocenters. The number of benzene rings is 2. The standard InChI is InChI=1S/C26H34N2O5S/c1-17-14-18(2)20(4)26(19(17)3)34(30,31)28-12-10-27(11-13-28)21(5)23(29)8-6-22-7-9-24-25(15-22)33-16-32-24/h7,9,14-15,21H,6,8,10-13,16H2,1-5H3. The summed E-state index contributed by atoms with van der Waals surface area (Å²) in [4.78, 5) is 15.4. The number of carbonyl (C=O) groups excluding carboxylic acids is 1. The van der Waals surface area contributed by atoms with Gasteiger partial charge in [0.1, 0.15) is 5.78 Å². The number of nitrogens with zero attached hydrogens (tertiary/aromatic N) is 2. The first-order chi connectivity index (χ1) is 16.1. The zero-order valence-electron chi connectivity index (χ0n) is 20.7. The third kappa shape index (κ3) is 4.72. The maximum atomic E-state index is 13.5. The van der Waals surface area contributed by atoms with Gasteiger partial charge in [-0.1, -0.05) is 12.1 Å². The van der Waals surface area contributed by atoms with Crippen molar-refractivity contribution in [3.8, 4) is 11.5 Å². The monoisotopic (exact) mass is 486 g/mol. The van der Waals surface area contributed by atoms with Crippen molar-refractivity contribution in [1.29, 1.82) is 0 Å². The van der Waals surface area contributed by atoms with E-state index in [2.05, 4.69) is 4.90 Å². The molecule has 2 aromatic carbocycles. The summed E-state index contributed by atoms with van der Waals surface area (Å²) in [6.45, 7) is 11.7. The van der Waals surface area contributed by atoms with Crippen molar-refractivity contribution >= 4 is 15.8 Å². The van der Waals surface area contributed by atoms with Crippen LogP contribution in [0.15, 0.2) is 29.2 Å². The minimum atomic E-state index is -3.59. The highest BCUT2D eigenvalue weighted by atomic mass is 32.2. The molecule has 0 aromatic heterocycles. The molecule has 0 saturated carbocycles. The van der Waals surface area contributed by atoms with E-state index in [0.29, 0.717) is 43.9 Å². The Hall–Kier alpha value is -2.42. The van der Waals surface area contributed by atoms with Gasteiger partial charge in [0.2, 0.25) is 16.8 Å². The topological polar surface area (TPSA) is 76.2 Å². The number of aryl methyl sites for hydroxylation is 3. The van der Waals surface area contributed by atoms with Gasteiger partial charge in [0.15, 0.2) is 11.5 Å². The van der Waals surface area contributed by atoms with E-state index in [1.807, 2.05) is 58.9 Å². The summed E-state index contributed by atoms with van der Waals surface area (Å²) in [5, 5.41) is 0. The zero-order valence-corrected chi connectivity index (χ0v) is 21.5. The summed E-state index contributed by atoms with van der Waals surface area (Å²) in [6.07, 6.45) is 1.07. The predicted octanol–water partition coefficient (Wildman–Crippen LogP) is 3.55. The Morgan fingerprint density at radius 2 is 1.56 bits per heavy atom. The smallest absolute Gasteiger partial charge is 0.243 e. The second-order valence-corrected chi connectivity index (χ2v) is 11.2. The van der Waals surface area contributed by atoms with Crippen molar-refractivity contribution < 1.29 is 22.7 Å². The molecule has 1 saturated heterocycles. The highest BCUT2D eigenvalue weighted by molar-refractivity contribution is 7.89. The Morgan fingerprint density at radius 3 is 2.21 bits per heavy atom. The number of fused-ring (bicyclic) bond motifs is 1. The van der Waals surface area contributed by atoms with Crippen LogP contribution in [0.2, 0.25) is 0 Å². The molecule has 0 bridgehead atoms. The lowest BCUT2D eigenvalue weighted by Gasteiger charge is -2.37. The van der Waals surface area contributed by atoms with Crippen molar-refractivity contribution in [2.75, 3.05) is 33.0 Å². The second-order valence-electron chi connectivity index (χ2n) is 9.36. The van der Waals surface area contributed by atoms with Crippen molar-refractivity contribution in [1.82, 2.24) is 9.21 Å². The fraction of sp³-hybridized carbons (Fsp3) is 0.500. The summed E-state index contributed by atoms with van der Waals surface area (Å²) in [5.74, 6) is 1.63. The van der Waals surface area contributed by atoms with Crippen molar-refractivity contribution in [2.45, 2.75) is 58.4 Å². The van der Waals surface area contributed by atoms with Gasteiger partial charge in [-0.2, -0.15) is 4.31 Å². The lowest BCUT2D eigenvalue weighted by molar-refractivity contribution is -0.124. The van der Waals surface area contributed by atoms with E-state index in [4.69, 9.17) is 9.47 Å². The number of piperazine rings is 1. The molecule has 0 spiro atoms. The largest absolute Gasteiger partial charge is 0.454 e. The third-order valence-corrected chi connectivity index (χ3v) is 9.45. The van der Waals surface area contributed by atoms with Crippen LogP contribution in [0.3, 0.4) is 0 Å². The molecule has 8 heteroatoms. The highest BCUT2D eigenvalue weighted by Gasteiger charge is 2.34. The molecule has 1 atom stereocenters. The van der Waals surface area contributed by atoms with Gasteiger partial charge < -0.3 is 9.47 Å². The Kier molecular flexibility index (Phi) is 7.03. The molecule has 2 heterocycles. The molecule has 0 aliphatic carbocycles. The molecule has 2 aromatic rings. The molecule has 0 amide bonds. The number of sulfonamides is 1. The van der Waals surface area contributed by atoms with Crippen LogP contribution < -0.4 is 9.47 Å². The lowest BCUT2D eigenvalue weighted by Crippen LogP contribution is -2.53. The molecule has 34 heavy (non-hydrogen) atoms. The van der Waals surface area contributed by atoms with Crippen LogP contribution in [0.25, 0.3) is 0 Å². The first kappa shape index (κ1) is 24.7. The summed E-state index contributed by atoms with van der Waals surface area (Å²) < 4.78 is 39.3. The fourth-order valence-corrected chi connectivity index (χ4v) is 6.80. The third-order valence-electron chi connectivity index (χ3n) is 7.28. The fourth-order valence-electron chi connectivity index (χ4n) is 4.80. The van der Waals surface area contributed by atoms with E-state index in [1.54, 1.807) is 4.31 Å². The zero-order chi connectivity index (χ0) is 24.6. The number of ketones is 1. The SMILES string of the molecule is Cc1cc(C)c(C)c(S(=O)(=O)N2CCN(C(C)C(=O)CCc3ccc4c(c3)OCO4)CC2)c1C. The number of Topliss-reactive ketones (excluding diaryl/α,β-unsaturated/α-hetero) is 1. The number of carbonyl (C=O) groups is 1. The molecular formula is C26H34N2O5S. The maximum Gasteiger partial charge on any atom is 0.243 e. The van der Waals surface area contributed by atoms with E-state index in [0.717, 1.165) is 39.3 Å². The number of hydrogen-bond acceptors (Lipinski definition) is 6. The summed E-state index contributed by atoms with van der Waals surface area (Å²) >= 11 is 0. The van der Waals surface area contributed by atoms with Crippen molar-refractivity contribution in [3.05, 3.63) is 52.1 Å². The van der Waals surface area contributed by atoms with Crippen LogP contribution in [0.4, 0.5) is 0 Å². The Morgan fingerprint density at radius 1 is 0.941 bits per heavy atom. The van der Waals surface area contributed by atoms with Crippen LogP contribution in [0.5, 0.6) is 11.5 Å². The van der Waals surface area contributed by atoms with Gasteiger partial charge in [-0.15, -0.1) is 0 Å². The van der Waals surface area contributed by atoms with Gasteiger partial charge in [0, 0.05) is 32.6 Å². The van der Waals surface area contributed by atoms with Crippen LogP contribution in [-0.2, 0) is 21.2 Å². The summed E-state index contributed by atoms with van der Waals surface area (Å²) in [6, 6.07) is 7.57. The van der Waals surface area contributed by atoms with Crippen LogP contribution in [-0.4, -0.2) is 62.4 Å². The van der Waals surface area contributed by atoms with Crippen molar-refractivity contribution in [3.63, 3.8) is 0 Å². The number of ether oxygens (including phenoxy) is 2. The Labute approximate surface area is 202 Å². The predicted molar refractivity (Wildman–Crippen MR) is 131 cm³/mol. The molecule has 2 aliphatic heterocycles. The summed E-state index contributed by atoms with van der Waals surface area (Å²) in [5.41, 5.74) is 4.65. The van der Waals surface area contributed by atoms with Crippen LogP contribution in [0.1, 0.15) is 41.2 Å². The molecule has 184 valence electrons. The minimum absolute atomic E-state index is 0.162. The minimum Gasteiger partial charge on any atom is -0.454 e. The van der Waals surface area contributed by atoms with E-state index in [9.17, 15) is 13.2 Å². The van der Waals surface area contributed by atoms with E-state index in [-0.39, 0.29) is 18.6 Å². The van der Waals surface area contributed by atoms with Gasteiger partial charge in [0.25, 0.3) is 0 Å². The van der Waals surface area contributed by atoms with Gasteiger partial charge in [0.05, 0.1) is 10.9 Å². The number of rotatable bonds is 7. The Balaban J connectivity index is 1.36. The molecule has 7 nitrogen and oxygen atoms in total. The second kappa shape index (κ2) is 9.68. The van der Waals surface area contributed by atoms with Gasteiger partial charge in [-0.3, -0.25) is 9.69 Å². The van der Waals surface area contributed by atoms with Gasteiger partial charge in [-0.05, 0) is 81.0 Å². The van der Waals surface area contributed by atoms with Crippen molar-refractivity contribution in [2.24, 2.45) is 0 Å². The van der Waals surface area contributed by atoms with E-state index in [1.165, 1.54) is 0 Å². The first-order valence-corrected chi connectivity index (χ1v) is 13.3. The van der Waals surface area contributed by atoms with E-state index >= 15 is 0 Å². The average molecular weight is 487 g/mol. The lowest BCUT2D eigenvalue weighted by atomic mass is 10.0. The number of hydrogen-bond donors (Lipinski definition) is 0. The average Bonchev–Trinajstić information content (AvgIpc) is 3.29. The molecule has 0 radical (unpaired) electrons. The highest BCUT2D eigenvalue weighted by Crippen LogP contribution is 2.33.